The van der Waals surface area contributed by atoms with E-state index >= 15 is 0 Å². The Bertz CT molecular complexity index is 615. The fraction of sp³-hybridized carbons (Fsp3) is 0.0714. The number of alkyl halides is 3. The molecular weight excluding hydrogens is 255 g/mol. The Morgan fingerprint density at radius 2 is 1.63 bits per heavy atom. The molecule has 0 bridgehead atoms. The average Bonchev–Trinajstić information content (AvgIpc) is 2.38. The zero-order chi connectivity index (χ0) is 13.9. The molecule has 0 amide bonds. The Balaban J connectivity index is 2.33. The third-order valence-corrected chi connectivity index (χ3v) is 2.40. The van der Waals surface area contributed by atoms with Crippen LogP contribution in [0.2, 0.25) is 0 Å². The lowest BCUT2D eigenvalue weighted by molar-refractivity contribution is -0.137. The number of benzene rings is 2. The van der Waals surface area contributed by atoms with Crippen molar-refractivity contribution in [3.63, 3.8) is 0 Å². The van der Waals surface area contributed by atoms with Crippen LogP contribution in [-0.2, 0) is 6.18 Å². The van der Waals surface area contributed by atoms with Gasteiger partial charge in [-0.1, -0.05) is 18.2 Å². The van der Waals surface area contributed by atoms with E-state index in [1.165, 1.54) is 12.1 Å². The van der Waals surface area contributed by atoms with Crippen molar-refractivity contribution in [2.45, 2.75) is 6.18 Å². The van der Waals surface area contributed by atoms with Crippen molar-refractivity contribution in [1.29, 1.82) is 5.26 Å². The van der Waals surface area contributed by atoms with E-state index < -0.39 is 17.3 Å². The molecule has 0 aliphatic rings. The lowest BCUT2D eigenvalue weighted by atomic mass is 10.1. The topological polar surface area (TPSA) is 33.0 Å². The molecular formula is C14H8F3NO. The van der Waals surface area contributed by atoms with Crippen LogP contribution < -0.4 is 4.74 Å². The summed E-state index contributed by atoms with van der Waals surface area (Å²) in [5.74, 6) is 0.682. The van der Waals surface area contributed by atoms with Gasteiger partial charge >= 0.3 is 6.18 Å². The number of nitriles is 1. The van der Waals surface area contributed by atoms with Gasteiger partial charge in [-0.25, -0.2) is 0 Å². The minimum atomic E-state index is -4.55. The summed E-state index contributed by atoms with van der Waals surface area (Å²) in [6.45, 7) is 0. The summed E-state index contributed by atoms with van der Waals surface area (Å²) < 4.78 is 43.2. The molecule has 0 aromatic heterocycles. The Kier molecular flexibility index (Phi) is 3.43. The monoisotopic (exact) mass is 263 g/mol. The molecule has 5 heteroatoms. The molecule has 0 heterocycles. The minimum absolute atomic E-state index is 0.191. The van der Waals surface area contributed by atoms with Crippen molar-refractivity contribution in [1.82, 2.24) is 0 Å². The summed E-state index contributed by atoms with van der Waals surface area (Å²) in [5.41, 5.74) is -1.42. The lowest BCUT2D eigenvalue weighted by Crippen LogP contribution is -2.07. The Labute approximate surface area is 107 Å². The zero-order valence-corrected chi connectivity index (χ0v) is 9.61. The number of halogens is 3. The molecule has 0 unspecified atom stereocenters. The van der Waals surface area contributed by atoms with E-state index in [9.17, 15) is 13.2 Å². The second-order valence-corrected chi connectivity index (χ2v) is 3.73. The average molecular weight is 263 g/mol. The Morgan fingerprint density at radius 3 is 2.21 bits per heavy atom. The van der Waals surface area contributed by atoms with Gasteiger partial charge in [0.1, 0.15) is 11.5 Å². The molecule has 19 heavy (non-hydrogen) atoms. The van der Waals surface area contributed by atoms with E-state index in [-0.39, 0.29) is 5.75 Å². The van der Waals surface area contributed by atoms with E-state index in [2.05, 4.69) is 0 Å². The van der Waals surface area contributed by atoms with Crippen LogP contribution in [0.1, 0.15) is 11.1 Å². The van der Waals surface area contributed by atoms with Crippen LogP contribution in [0.5, 0.6) is 11.5 Å². The number of hydrogen-bond acceptors (Lipinski definition) is 2. The van der Waals surface area contributed by atoms with Gasteiger partial charge in [0.2, 0.25) is 0 Å². The molecule has 0 spiro atoms. The maximum atomic E-state index is 12.6. The van der Waals surface area contributed by atoms with Gasteiger partial charge in [0.25, 0.3) is 0 Å². The van der Waals surface area contributed by atoms with Crippen molar-refractivity contribution in [2.75, 3.05) is 0 Å². The lowest BCUT2D eigenvalue weighted by Gasteiger charge is -2.10. The molecule has 0 aliphatic heterocycles. The van der Waals surface area contributed by atoms with E-state index in [4.69, 9.17) is 10.00 Å². The maximum absolute atomic E-state index is 12.6. The molecule has 0 radical (unpaired) electrons. The smallest absolute Gasteiger partial charge is 0.417 e. The van der Waals surface area contributed by atoms with Crippen molar-refractivity contribution in [2.24, 2.45) is 0 Å². The first-order valence-corrected chi connectivity index (χ1v) is 5.35. The van der Waals surface area contributed by atoms with Crippen molar-refractivity contribution < 1.29 is 17.9 Å². The summed E-state index contributed by atoms with van der Waals surface area (Å²) in [6, 6.07) is 13.3. The third-order valence-electron chi connectivity index (χ3n) is 2.40. The van der Waals surface area contributed by atoms with Crippen LogP contribution in [0.3, 0.4) is 0 Å². The SMILES string of the molecule is N#Cc1cc(Oc2ccccc2)ccc1C(F)(F)F. The first-order valence-electron chi connectivity index (χ1n) is 5.35. The van der Waals surface area contributed by atoms with Gasteiger partial charge in [0.15, 0.2) is 0 Å². The minimum Gasteiger partial charge on any atom is -0.457 e. The Hall–Kier alpha value is -2.48. The maximum Gasteiger partial charge on any atom is 0.417 e. The molecule has 0 N–H and O–H groups in total. The van der Waals surface area contributed by atoms with Gasteiger partial charge in [-0.15, -0.1) is 0 Å². The zero-order valence-electron chi connectivity index (χ0n) is 9.61. The van der Waals surface area contributed by atoms with E-state index in [1.54, 1.807) is 30.3 Å². The number of nitrogens with zero attached hydrogens (tertiary/aromatic N) is 1. The van der Waals surface area contributed by atoms with Crippen LogP contribution >= 0.6 is 0 Å². The highest BCUT2D eigenvalue weighted by atomic mass is 19.4. The summed E-state index contributed by atoms with van der Waals surface area (Å²) in [5, 5.41) is 8.77. The predicted molar refractivity (Wildman–Crippen MR) is 62.7 cm³/mol. The van der Waals surface area contributed by atoms with Gasteiger partial charge in [0.05, 0.1) is 17.2 Å². The van der Waals surface area contributed by atoms with Crippen LogP contribution in [-0.4, -0.2) is 0 Å². The molecule has 0 saturated carbocycles. The quantitative estimate of drug-likeness (QED) is 0.806. The van der Waals surface area contributed by atoms with Gasteiger partial charge in [0, 0.05) is 0 Å². The van der Waals surface area contributed by atoms with Gasteiger partial charge < -0.3 is 4.74 Å². The number of hydrogen-bond donors (Lipinski definition) is 0. The van der Waals surface area contributed by atoms with E-state index in [1.807, 2.05) is 0 Å². The highest BCUT2D eigenvalue weighted by Gasteiger charge is 2.33. The second-order valence-electron chi connectivity index (χ2n) is 3.73. The molecule has 0 atom stereocenters. The molecule has 2 rings (SSSR count). The largest absolute Gasteiger partial charge is 0.457 e. The molecule has 2 nitrogen and oxygen atoms in total. The molecule has 0 fully saturated rings. The summed E-state index contributed by atoms with van der Waals surface area (Å²) >= 11 is 0. The highest BCUT2D eigenvalue weighted by Crippen LogP contribution is 2.34. The normalized spacial score (nSPS) is 10.8. The van der Waals surface area contributed by atoms with E-state index in [0.29, 0.717) is 5.75 Å². The number of para-hydroxylation sites is 1. The Morgan fingerprint density at radius 1 is 0.947 bits per heavy atom. The molecule has 96 valence electrons. The van der Waals surface area contributed by atoms with Gasteiger partial charge in [-0.3, -0.25) is 0 Å². The van der Waals surface area contributed by atoms with Gasteiger partial charge in [-0.2, -0.15) is 18.4 Å². The fourth-order valence-electron chi connectivity index (χ4n) is 1.55. The predicted octanol–water partition coefficient (Wildman–Crippen LogP) is 4.37. The summed E-state index contributed by atoms with van der Waals surface area (Å²) in [7, 11) is 0. The van der Waals surface area contributed by atoms with Crippen LogP contribution in [0.15, 0.2) is 48.5 Å². The van der Waals surface area contributed by atoms with Gasteiger partial charge in [-0.05, 0) is 30.3 Å². The van der Waals surface area contributed by atoms with Crippen molar-refractivity contribution in [3.05, 3.63) is 59.7 Å². The molecule has 2 aromatic rings. The highest BCUT2D eigenvalue weighted by molar-refractivity contribution is 5.45. The second kappa shape index (κ2) is 5.02. The van der Waals surface area contributed by atoms with Crippen LogP contribution in [0.25, 0.3) is 0 Å². The fourth-order valence-corrected chi connectivity index (χ4v) is 1.55. The summed E-state index contributed by atoms with van der Waals surface area (Å²) in [4.78, 5) is 0. The standard InChI is InChI=1S/C14H8F3NO/c15-14(16,17)13-7-6-12(8-10(13)9-18)19-11-4-2-1-3-5-11/h1-8H. The van der Waals surface area contributed by atoms with Crippen molar-refractivity contribution >= 4 is 0 Å². The first-order chi connectivity index (χ1) is 9.00. The van der Waals surface area contributed by atoms with E-state index in [0.717, 1.165) is 12.1 Å². The van der Waals surface area contributed by atoms with Crippen LogP contribution in [0.4, 0.5) is 13.2 Å². The van der Waals surface area contributed by atoms with Crippen molar-refractivity contribution in [3.8, 4) is 17.6 Å². The molecule has 2 aromatic carbocycles. The molecule has 0 saturated heterocycles. The first kappa shape index (κ1) is 13.0. The number of rotatable bonds is 2. The van der Waals surface area contributed by atoms with Crippen LogP contribution in [0, 0.1) is 11.3 Å². The summed E-state index contributed by atoms with van der Waals surface area (Å²) in [6.07, 6.45) is -4.55. The molecule has 0 aliphatic carbocycles. The third kappa shape index (κ3) is 3.05. The number of ether oxygens (including phenoxy) is 1.